The lowest BCUT2D eigenvalue weighted by Crippen LogP contribution is -2.40. The molecule has 0 bridgehead atoms. The second kappa shape index (κ2) is 7.13. The fourth-order valence-electron chi connectivity index (χ4n) is 3.81. The van der Waals surface area contributed by atoms with Crippen molar-refractivity contribution in [2.45, 2.75) is 25.4 Å². The van der Waals surface area contributed by atoms with Crippen LogP contribution in [0, 0.1) is 5.82 Å². The minimum Gasteiger partial charge on any atom is -0.333 e. The first-order chi connectivity index (χ1) is 12.9. The second-order valence-corrected chi connectivity index (χ2v) is 7.67. The summed E-state index contributed by atoms with van der Waals surface area (Å²) in [7, 11) is 0. The predicted octanol–water partition coefficient (Wildman–Crippen LogP) is 4.19. The molecule has 2 aromatic rings. The summed E-state index contributed by atoms with van der Waals surface area (Å²) in [5.41, 5.74) is 2.37. The number of nitrogens with zero attached hydrogens (tertiary/aromatic N) is 2. The SMILES string of the molecule is O=C1CCCN1CC(=O)N1Cc2ccc(F)cc2C1c1ccc(Cl)c(Cl)c1. The molecule has 2 heterocycles. The van der Waals surface area contributed by atoms with E-state index in [1.807, 2.05) is 0 Å². The van der Waals surface area contributed by atoms with Crippen molar-refractivity contribution in [3.8, 4) is 0 Å². The van der Waals surface area contributed by atoms with Crippen molar-refractivity contribution in [1.29, 1.82) is 0 Å². The number of carbonyl (C=O) groups is 2. The van der Waals surface area contributed by atoms with Crippen LogP contribution in [0.1, 0.15) is 35.6 Å². The molecule has 4 rings (SSSR count). The molecular weight excluding hydrogens is 390 g/mol. The molecule has 7 heteroatoms. The molecule has 0 aromatic heterocycles. The van der Waals surface area contributed by atoms with E-state index in [9.17, 15) is 14.0 Å². The number of benzene rings is 2. The van der Waals surface area contributed by atoms with Gasteiger partial charge in [-0.3, -0.25) is 9.59 Å². The summed E-state index contributed by atoms with van der Waals surface area (Å²) < 4.78 is 13.9. The zero-order chi connectivity index (χ0) is 19.1. The molecular formula is C20H17Cl2FN2O2. The third-order valence-corrected chi connectivity index (χ3v) is 5.87. The van der Waals surface area contributed by atoms with Crippen molar-refractivity contribution in [3.63, 3.8) is 0 Å². The number of carbonyl (C=O) groups excluding carboxylic acids is 2. The number of amides is 2. The van der Waals surface area contributed by atoms with E-state index in [1.165, 1.54) is 12.1 Å². The highest BCUT2D eigenvalue weighted by atomic mass is 35.5. The van der Waals surface area contributed by atoms with Crippen LogP contribution in [0.2, 0.25) is 10.0 Å². The van der Waals surface area contributed by atoms with Crippen molar-refractivity contribution < 1.29 is 14.0 Å². The van der Waals surface area contributed by atoms with Gasteiger partial charge in [0.25, 0.3) is 0 Å². The van der Waals surface area contributed by atoms with Crippen molar-refractivity contribution in [3.05, 3.63) is 69.0 Å². The van der Waals surface area contributed by atoms with Gasteiger partial charge in [0.05, 0.1) is 22.6 Å². The Labute approximate surface area is 166 Å². The van der Waals surface area contributed by atoms with Gasteiger partial charge in [0, 0.05) is 19.5 Å². The van der Waals surface area contributed by atoms with E-state index >= 15 is 0 Å². The minimum absolute atomic E-state index is 0.00260. The average molecular weight is 407 g/mol. The summed E-state index contributed by atoms with van der Waals surface area (Å²) >= 11 is 12.2. The number of rotatable bonds is 3. The van der Waals surface area contributed by atoms with Crippen LogP contribution in [-0.4, -0.2) is 34.7 Å². The van der Waals surface area contributed by atoms with Crippen LogP contribution in [0.4, 0.5) is 4.39 Å². The van der Waals surface area contributed by atoms with Gasteiger partial charge >= 0.3 is 0 Å². The molecule has 1 saturated heterocycles. The van der Waals surface area contributed by atoms with Crippen LogP contribution in [-0.2, 0) is 16.1 Å². The van der Waals surface area contributed by atoms with Gasteiger partial charge in [0.15, 0.2) is 0 Å². The monoisotopic (exact) mass is 406 g/mol. The van der Waals surface area contributed by atoms with E-state index in [0.717, 1.165) is 23.1 Å². The first-order valence-electron chi connectivity index (χ1n) is 8.74. The fourth-order valence-corrected chi connectivity index (χ4v) is 4.11. The van der Waals surface area contributed by atoms with Crippen LogP contribution in [0.15, 0.2) is 36.4 Å². The first kappa shape index (κ1) is 18.3. The zero-order valence-electron chi connectivity index (χ0n) is 14.4. The third-order valence-electron chi connectivity index (χ3n) is 5.13. The normalized spacial score (nSPS) is 18.9. The molecule has 0 spiro atoms. The lowest BCUT2D eigenvalue weighted by atomic mass is 9.98. The quantitative estimate of drug-likeness (QED) is 0.766. The number of hydrogen-bond acceptors (Lipinski definition) is 2. The summed E-state index contributed by atoms with van der Waals surface area (Å²) in [6.07, 6.45) is 1.25. The summed E-state index contributed by atoms with van der Waals surface area (Å²) in [6.45, 7) is 0.992. The Morgan fingerprint density at radius 1 is 1.15 bits per heavy atom. The van der Waals surface area contributed by atoms with E-state index in [0.29, 0.717) is 29.6 Å². The molecule has 1 unspecified atom stereocenters. The van der Waals surface area contributed by atoms with Crippen LogP contribution in [0.3, 0.4) is 0 Å². The van der Waals surface area contributed by atoms with Gasteiger partial charge in [-0.05, 0) is 47.4 Å². The Morgan fingerprint density at radius 3 is 2.67 bits per heavy atom. The number of hydrogen-bond donors (Lipinski definition) is 0. The third kappa shape index (κ3) is 3.42. The van der Waals surface area contributed by atoms with Crippen LogP contribution < -0.4 is 0 Å². The van der Waals surface area contributed by atoms with Crippen LogP contribution in [0.5, 0.6) is 0 Å². The van der Waals surface area contributed by atoms with Gasteiger partial charge in [0.2, 0.25) is 11.8 Å². The molecule has 2 amide bonds. The molecule has 0 N–H and O–H groups in total. The summed E-state index contributed by atoms with van der Waals surface area (Å²) in [5, 5.41) is 0.791. The smallest absolute Gasteiger partial charge is 0.243 e. The molecule has 0 aliphatic carbocycles. The Bertz CT molecular complexity index is 934. The van der Waals surface area contributed by atoms with Crippen molar-refractivity contribution in [2.24, 2.45) is 0 Å². The van der Waals surface area contributed by atoms with Crippen LogP contribution >= 0.6 is 23.2 Å². The Morgan fingerprint density at radius 2 is 1.96 bits per heavy atom. The Kier molecular flexibility index (Phi) is 4.82. The zero-order valence-corrected chi connectivity index (χ0v) is 15.9. The molecule has 1 atom stereocenters. The number of halogens is 3. The summed E-state index contributed by atoms with van der Waals surface area (Å²) in [6, 6.07) is 9.25. The van der Waals surface area contributed by atoms with Crippen molar-refractivity contribution in [1.82, 2.24) is 9.80 Å². The Hall–Kier alpha value is -2.11. The van der Waals surface area contributed by atoms with E-state index in [4.69, 9.17) is 23.2 Å². The highest BCUT2D eigenvalue weighted by molar-refractivity contribution is 6.42. The molecule has 0 saturated carbocycles. The minimum atomic E-state index is -0.462. The predicted molar refractivity (Wildman–Crippen MR) is 101 cm³/mol. The molecule has 27 heavy (non-hydrogen) atoms. The molecule has 1 fully saturated rings. The Balaban J connectivity index is 1.70. The molecule has 0 radical (unpaired) electrons. The fraction of sp³-hybridized carbons (Fsp3) is 0.300. The maximum Gasteiger partial charge on any atom is 0.243 e. The first-order valence-corrected chi connectivity index (χ1v) is 9.50. The lowest BCUT2D eigenvalue weighted by molar-refractivity contribution is -0.139. The van der Waals surface area contributed by atoms with Crippen molar-refractivity contribution in [2.75, 3.05) is 13.1 Å². The van der Waals surface area contributed by atoms with E-state index in [-0.39, 0.29) is 24.2 Å². The number of fused-ring (bicyclic) bond motifs is 1. The van der Waals surface area contributed by atoms with Gasteiger partial charge in [-0.1, -0.05) is 35.3 Å². The van der Waals surface area contributed by atoms with E-state index < -0.39 is 6.04 Å². The van der Waals surface area contributed by atoms with Gasteiger partial charge in [-0.15, -0.1) is 0 Å². The average Bonchev–Trinajstić information content (AvgIpc) is 3.21. The summed E-state index contributed by atoms with van der Waals surface area (Å²) in [4.78, 5) is 28.2. The maximum absolute atomic E-state index is 13.9. The van der Waals surface area contributed by atoms with Crippen LogP contribution in [0.25, 0.3) is 0 Å². The highest BCUT2D eigenvalue weighted by Gasteiger charge is 2.36. The highest BCUT2D eigenvalue weighted by Crippen LogP contribution is 2.40. The molecule has 4 nitrogen and oxygen atoms in total. The van der Waals surface area contributed by atoms with Gasteiger partial charge in [-0.2, -0.15) is 0 Å². The van der Waals surface area contributed by atoms with E-state index in [1.54, 1.807) is 34.1 Å². The topological polar surface area (TPSA) is 40.6 Å². The number of likely N-dealkylation sites (tertiary alicyclic amines) is 1. The lowest BCUT2D eigenvalue weighted by Gasteiger charge is -2.28. The molecule has 2 aromatic carbocycles. The van der Waals surface area contributed by atoms with Gasteiger partial charge in [-0.25, -0.2) is 4.39 Å². The molecule has 2 aliphatic rings. The second-order valence-electron chi connectivity index (χ2n) is 6.86. The molecule has 2 aliphatic heterocycles. The maximum atomic E-state index is 13.9. The standard InChI is InChI=1S/C20H17Cl2FN2O2/c21-16-6-4-12(8-17(16)22)20-15-9-14(23)5-3-13(15)10-25(20)19(27)11-24-7-1-2-18(24)26/h3-6,8-9,20H,1-2,7,10-11H2. The van der Waals surface area contributed by atoms with Gasteiger partial charge in [0.1, 0.15) is 5.82 Å². The molecule has 140 valence electrons. The summed E-state index contributed by atoms with van der Waals surface area (Å²) in [5.74, 6) is -0.530. The van der Waals surface area contributed by atoms with E-state index in [2.05, 4.69) is 0 Å². The largest absolute Gasteiger partial charge is 0.333 e. The van der Waals surface area contributed by atoms with Gasteiger partial charge < -0.3 is 9.80 Å². The van der Waals surface area contributed by atoms with Crippen molar-refractivity contribution >= 4 is 35.0 Å².